The summed E-state index contributed by atoms with van der Waals surface area (Å²) in [7, 11) is 3.53. The van der Waals surface area contributed by atoms with Gasteiger partial charge in [0.05, 0.1) is 0 Å². The third-order valence-electron chi connectivity index (χ3n) is 4.56. The molecule has 2 N–H and O–H groups in total. The molecular formula is C19H32N4OS. The molecule has 0 saturated heterocycles. The van der Waals surface area contributed by atoms with E-state index in [-0.39, 0.29) is 12.5 Å². The molecular weight excluding hydrogens is 332 g/mol. The van der Waals surface area contributed by atoms with E-state index in [2.05, 4.69) is 40.1 Å². The lowest BCUT2D eigenvalue weighted by atomic mass is 9.96. The van der Waals surface area contributed by atoms with Crippen LogP contribution in [0.1, 0.15) is 43.9 Å². The van der Waals surface area contributed by atoms with E-state index in [1.807, 2.05) is 11.3 Å². The molecule has 6 heteroatoms. The molecule has 0 bridgehead atoms. The number of hydrogen-bond donors (Lipinski definition) is 2. The van der Waals surface area contributed by atoms with Crippen LogP contribution in [0.15, 0.2) is 22.5 Å². The number of aliphatic imine (C=N–C) groups is 1. The largest absolute Gasteiger partial charge is 0.356 e. The first-order valence-corrected chi connectivity index (χ1v) is 10.2. The van der Waals surface area contributed by atoms with Gasteiger partial charge in [-0.2, -0.15) is 0 Å². The molecule has 1 atom stereocenters. The van der Waals surface area contributed by atoms with E-state index in [0.717, 1.165) is 18.9 Å². The third kappa shape index (κ3) is 7.46. The summed E-state index contributed by atoms with van der Waals surface area (Å²) in [5.41, 5.74) is 0. The second-order valence-electron chi connectivity index (χ2n) is 7.20. The Morgan fingerprint density at radius 2 is 2.12 bits per heavy atom. The average molecular weight is 365 g/mol. The van der Waals surface area contributed by atoms with Crippen molar-refractivity contribution in [1.29, 1.82) is 0 Å². The molecule has 25 heavy (non-hydrogen) atoms. The monoisotopic (exact) mass is 364 g/mol. The maximum atomic E-state index is 11.9. The summed E-state index contributed by atoms with van der Waals surface area (Å²) in [4.78, 5) is 19.4. The molecule has 1 unspecified atom stereocenters. The van der Waals surface area contributed by atoms with Gasteiger partial charge in [0.1, 0.15) is 6.54 Å². The number of thiophene rings is 1. The molecule has 1 saturated carbocycles. The number of likely N-dealkylation sites (N-methyl/N-ethyl adjacent to an activating group) is 1. The minimum Gasteiger partial charge on any atom is -0.356 e. The SMILES string of the molecule is CC(CNC(=NCC(=O)N(C)C)NC1CCCCC1)Cc1cccs1. The van der Waals surface area contributed by atoms with Crippen LogP contribution < -0.4 is 10.6 Å². The van der Waals surface area contributed by atoms with E-state index in [0.29, 0.717) is 12.0 Å². The fourth-order valence-electron chi connectivity index (χ4n) is 3.00. The van der Waals surface area contributed by atoms with Gasteiger partial charge in [0.25, 0.3) is 0 Å². The Bertz CT molecular complexity index is 536. The van der Waals surface area contributed by atoms with Crippen LogP contribution in [0, 0.1) is 5.92 Å². The molecule has 1 amide bonds. The second kappa shape index (κ2) is 10.4. The van der Waals surface area contributed by atoms with Crippen LogP contribution in [0.2, 0.25) is 0 Å². The summed E-state index contributed by atoms with van der Waals surface area (Å²) in [5, 5.41) is 9.11. The Balaban J connectivity index is 1.87. The van der Waals surface area contributed by atoms with Gasteiger partial charge >= 0.3 is 0 Å². The Hall–Kier alpha value is -1.56. The molecule has 1 aliphatic carbocycles. The molecule has 0 radical (unpaired) electrons. The summed E-state index contributed by atoms with van der Waals surface area (Å²) >= 11 is 1.81. The van der Waals surface area contributed by atoms with E-state index < -0.39 is 0 Å². The highest BCUT2D eigenvalue weighted by atomic mass is 32.1. The molecule has 0 spiro atoms. The van der Waals surface area contributed by atoms with Crippen LogP contribution in [0.4, 0.5) is 0 Å². The number of rotatable bonds is 7. The summed E-state index contributed by atoms with van der Waals surface area (Å²) in [6.07, 6.45) is 7.32. The van der Waals surface area contributed by atoms with Crippen molar-refractivity contribution in [3.05, 3.63) is 22.4 Å². The molecule has 1 aromatic rings. The zero-order chi connectivity index (χ0) is 18.1. The summed E-state index contributed by atoms with van der Waals surface area (Å²) in [6, 6.07) is 4.76. The lowest BCUT2D eigenvalue weighted by Crippen LogP contribution is -2.46. The summed E-state index contributed by atoms with van der Waals surface area (Å²) in [5.74, 6) is 1.32. The van der Waals surface area contributed by atoms with Crippen molar-refractivity contribution in [3.8, 4) is 0 Å². The first kappa shape index (κ1) is 19.8. The van der Waals surface area contributed by atoms with Crippen molar-refractivity contribution in [2.24, 2.45) is 10.9 Å². The van der Waals surface area contributed by atoms with E-state index in [4.69, 9.17) is 0 Å². The van der Waals surface area contributed by atoms with Crippen LogP contribution in [0.3, 0.4) is 0 Å². The topological polar surface area (TPSA) is 56.7 Å². The molecule has 0 aromatic carbocycles. The van der Waals surface area contributed by atoms with Gasteiger partial charge in [-0.15, -0.1) is 11.3 Å². The number of carbonyl (C=O) groups is 1. The highest BCUT2D eigenvalue weighted by Gasteiger charge is 2.16. The van der Waals surface area contributed by atoms with Gasteiger partial charge in [-0.1, -0.05) is 32.3 Å². The van der Waals surface area contributed by atoms with E-state index in [1.54, 1.807) is 19.0 Å². The second-order valence-corrected chi connectivity index (χ2v) is 8.23. The fraction of sp³-hybridized carbons (Fsp3) is 0.684. The molecule has 1 heterocycles. The Morgan fingerprint density at radius 3 is 2.76 bits per heavy atom. The van der Waals surface area contributed by atoms with E-state index in [9.17, 15) is 4.79 Å². The quantitative estimate of drug-likeness (QED) is 0.578. The smallest absolute Gasteiger partial charge is 0.243 e. The predicted molar refractivity (Wildman–Crippen MR) is 106 cm³/mol. The van der Waals surface area contributed by atoms with E-state index >= 15 is 0 Å². The van der Waals surface area contributed by atoms with Gasteiger partial charge in [-0.3, -0.25) is 4.79 Å². The third-order valence-corrected chi connectivity index (χ3v) is 5.46. The number of amides is 1. The number of hydrogen-bond acceptors (Lipinski definition) is 3. The highest BCUT2D eigenvalue weighted by Crippen LogP contribution is 2.17. The van der Waals surface area contributed by atoms with Crippen molar-refractivity contribution in [1.82, 2.24) is 15.5 Å². The molecule has 2 rings (SSSR count). The average Bonchev–Trinajstić information content (AvgIpc) is 3.10. The van der Waals surface area contributed by atoms with Crippen LogP contribution in [-0.2, 0) is 11.2 Å². The number of nitrogens with zero attached hydrogens (tertiary/aromatic N) is 2. The van der Waals surface area contributed by atoms with Crippen molar-refractivity contribution in [2.75, 3.05) is 27.2 Å². The van der Waals surface area contributed by atoms with Crippen molar-refractivity contribution >= 4 is 23.2 Å². The van der Waals surface area contributed by atoms with Gasteiger partial charge in [0, 0.05) is 31.6 Å². The van der Waals surface area contributed by atoms with Crippen LogP contribution in [-0.4, -0.2) is 50.0 Å². The number of guanidine groups is 1. The Morgan fingerprint density at radius 1 is 1.36 bits per heavy atom. The standard InChI is InChI=1S/C19H32N4OS/c1-15(12-17-10-7-11-25-17)13-20-19(21-14-18(24)23(2)3)22-16-8-5-4-6-9-16/h7,10-11,15-16H,4-6,8-9,12-14H2,1-3H3,(H2,20,21,22). The van der Waals surface area contributed by atoms with Crippen LogP contribution in [0.5, 0.6) is 0 Å². The number of carbonyl (C=O) groups excluding carboxylic acids is 1. The molecule has 0 aliphatic heterocycles. The van der Waals surface area contributed by atoms with Gasteiger partial charge in [0.15, 0.2) is 5.96 Å². The first-order valence-electron chi connectivity index (χ1n) is 9.32. The zero-order valence-electron chi connectivity index (χ0n) is 15.8. The molecule has 1 aliphatic rings. The van der Waals surface area contributed by atoms with Gasteiger partial charge < -0.3 is 15.5 Å². The van der Waals surface area contributed by atoms with Crippen LogP contribution >= 0.6 is 11.3 Å². The summed E-state index contributed by atoms with van der Waals surface area (Å²) < 4.78 is 0. The zero-order valence-corrected chi connectivity index (χ0v) is 16.6. The van der Waals surface area contributed by atoms with E-state index in [1.165, 1.54) is 37.0 Å². The minimum absolute atomic E-state index is 0.0244. The molecule has 1 aromatic heterocycles. The Kier molecular flexibility index (Phi) is 8.25. The maximum absolute atomic E-state index is 11.9. The van der Waals surface area contributed by atoms with Gasteiger partial charge in [0.2, 0.25) is 5.91 Å². The predicted octanol–water partition coefficient (Wildman–Crippen LogP) is 2.88. The fourth-order valence-corrected chi connectivity index (χ4v) is 3.87. The van der Waals surface area contributed by atoms with Crippen LogP contribution in [0.25, 0.3) is 0 Å². The molecule has 5 nitrogen and oxygen atoms in total. The molecule has 140 valence electrons. The van der Waals surface area contributed by atoms with Gasteiger partial charge in [-0.05, 0) is 36.6 Å². The summed E-state index contributed by atoms with van der Waals surface area (Å²) in [6.45, 7) is 3.29. The van der Waals surface area contributed by atoms with Gasteiger partial charge in [-0.25, -0.2) is 4.99 Å². The number of nitrogens with one attached hydrogen (secondary N) is 2. The lowest BCUT2D eigenvalue weighted by molar-refractivity contribution is -0.127. The van der Waals surface area contributed by atoms with Crippen molar-refractivity contribution in [3.63, 3.8) is 0 Å². The first-order chi connectivity index (χ1) is 12.0. The Labute approximate surface area is 155 Å². The minimum atomic E-state index is 0.0244. The highest BCUT2D eigenvalue weighted by molar-refractivity contribution is 7.09. The lowest BCUT2D eigenvalue weighted by Gasteiger charge is -2.25. The molecule has 1 fully saturated rings. The normalized spacial score (nSPS) is 17.2. The van der Waals surface area contributed by atoms with Crippen molar-refractivity contribution < 1.29 is 4.79 Å². The maximum Gasteiger partial charge on any atom is 0.243 e. The van der Waals surface area contributed by atoms with Crippen molar-refractivity contribution in [2.45, 2.75) is 51.5 Å².